The van der Waals surface area contributed by atoms with Crippen LogP contribution in [0.4, 0.5) is 0 Å². The molecule has 4 fully saturated rings. The number of carbonyl (C=O) groups is 4. The maximum Gasteiger partial charge on any atom is 0.250 e. The van der Waals surface area contributed by atoms with Crippen molar-refractivity contribution in [3.05, 3.63) is 131 Å². The van der Waals surface area contributed by atoms with Gasteiger partial charge in [-0.15, -0.1) is 0 Å². The van der Waals surface area contributed by atoms with Gasteiger partial charge in [-0.05, 0) is 86.1 Å². The number of nitrogens with zero attached hydrogens (tertiary/aromatic N) is 4. The number of benzene rings is 3. The molecule has 3 aromatic carbocycles. The van der Waals surface area contributed by atoms with E-state index in [-0.39, 0.29) is 47.5 Å². The normalized spacial score (nSPS) is 19.9. The van der Waals surface area contributed by atoms with Crippen molar-refractivity contribution < 1.29 is 19.2 Å². The number of hydrogen-bond acceptors (Lipinski definition) is 6. The summed E-state index contributed by atoms with van der Waals surface area (Å²) in [5.41, 5.74) is 4.80. The van der Waals surface area contributed by atoms with Gasteiger partial charge in [0.15, 0.2) is 0 Å². The van der Waals surface area contributed by atoms with Crippen LogP contribution in [0, 0.1) is 23.7 Å². The van der Waals surface area contributed by atoms with E-state index < -0.39 is 12.1 Å². The minimum absolute atomic E-state index is 0.00332. The monoisotopic (exact) mass is 774 g/mol. The van der Waals surface area contributed by atoms with Crippen molar-refractivity contribution in [1.29, 1.82) is 0 Å². The molecule has 12 heteroatoms. The summed E-state index contributed by atoms with van der Waals surface area (Å²) in [5.74, 6) is 7.44. The van der Waals surface area contributed by atoms with Crippen LogP contribution in [-0.4, -0.2) is 66.5 Å². The number of aromatic amines is 2. The third kappa shape index (κ3) is 8.03. The summed E-state index contributed by atoms with van der Waals surface area (Å²) in [6.07, 6.45) is 10.2. The van der Waals surface area contributed by atoms with Crippen molar-refractivity contribution in [3.63, 3.8) is 0 Å². The molecule has 9 rings (SSSR count). The smallest absolute Gasteiger partial charge is 0.250 e. The fourth-order valence-electron chi connectivity index (χ4n) is 8.13. The minimum Gasteiger partial charge on any atom is -0.340 e. The minimum atomic E-state index is -0.744. The average molecular weight is 775 g/mol. The summed E-state index contributed by atoms with van der Waals surface area (Å²) in [7, 11) is 0. The SMILES string of the molecule is O=C(NC(C(=O)N1CCCC1c1ncc(C#Cc2ccc(-c3cnc(C4CCCN4C(=O)C(NC(=O)C4CC4)c4ccccc4)[nH]3)cc2)[nH]1)c1ccccc1)C1CC1. The zero-order valence-corrected chi connectivity index (χ0v) is 32.2. The van der Waals surface area contributed by atoms with Gasteiger partial charge in [-0.1, -0.05) is 78.7 Å². The van der Waals surface area contributed by atoms with E-state index >= 15 is 0 Å². The van der Waals surface area contributed by atoms with Crippen LogP contribution in [0.15, 0.2) is 97.3 Å². The van der Waals surface area contributed by atoms with Gasteiger partial charge in [0.05, 0.1) is 30.2 Å². The van der Waals surface area contributed by atoms with Gasteiger partial charge in [-0.3, -0.25) is 19.2 Å². The molecule has 4 atom stereocenters. The van der Waals surface area contributed by atoms with Crippen LogP contribution >= 0.6 is 0 Å². The second-order valence-corrected chi connectivity index (χ2v) is 15.8. The first kappa shape index (κ1) is 37.1. The highest BCUT2D eigenvalue weighted by Crippen LogP contribution is 2.37. The number of nitrogens with one attached hydrogen (secondary N) is 4. The average Bonchev–Trinajstić information content (AvgIpc) is 4.03. The van der Waals surface area contributed by atoms with E-state index in [1.165, 1.54) is 0 Å². The maximum atomic E-state index is 14.0. The first-order valence-corrected chi connectivity index (χ1v) is 20.4. The van der Waals surface area contributed by atoms with Gasteiger partial charge >= 0.3 is 0 Å². The van der Waals surface area contributed by atoms with Crippen molar-refractivity contribution in [2.24, 2.45) is 11.8 Å². The number of amides is 4. The highest BCUT2D eigenvalue weighted by molar-refractivity contribution is 5.91. The molecule has 294 valence electrons. The van der Waals surface area contributed by atoms with Gasteiger partial charge in [0.2, 0.25) is 23.6 Å². The molecule has 0 spiro atoms. The molecule has 12 nitrogen and oxygen atoms in total. The molecular formula is C46H46N8O4. The molecule has 2 aliphatic heterocycles. The predicted octanol–water partition coefficient (Wildman–Crippen LogP) is 6.06. The molecule has 2 aromatic heterocycles. The molecule has 2 aliphatic carbocycles. The summed E-state index contributed by atoms with van der Waals surface area (Å²) in [5, 5.41) is 6.06. The maximum absolute atomic E-state index is 14.0. The number of imidazole rings is 2. The summed E-state index contributed by atoms with van der Waals surface area (Å²) in [4.78, 5) is 73.5. The van der Waals surface area contributed by atoms with Crippen molar-refractivity contribution in [2.45, 2.75) is 75.5 Å². The van der Waals surface area contributed by atoms with E-state index in [0.29, 0.717) is 24.6 Å². The first-order valence-electron chi connectivity index (χ1n) is 20.4. The van der Waals surface area contributed by atoms with E-state index in [9.17, 15) is 19.2 Å². The molecule has 0 radical (unpaired) electrons. The Morgan fingerprint density at radius 2 is 1.10 bits per heavy atom. The third-order valence-corrected chi connectivity index (χ3v) is 11.7. The lowest BCUT2D eigenvalue weighted by Crippen LogP contribution is -2.43. The van der Waals surface area contributed by atoms with Gasteiger partial charge in [0, 0.05) is 30.5 Å². The van der Waals surface area contributed by atoms with Crippen molar-refractivity contribution >= 4 is 23.6 Å². The van der Waals surface area contributed by atoms with Crippen LogP contribution in [0.25, 0.3) is 11.3 Å². The standard InChI is InChI=1S/C46H46N8O4/c55-43(33-20-21-33)51-39(31-9-3-1-4-10-31)45(57)53-25-7-13-37(53)41-47-27-35(49-41)24-17-29-15-18-30(19-16-29)36-28-48-42(50-36)38-14-8-26-54(38)46(58)40(32-11-5-2-6-12-32)52-44(56)34-22-23-34/h1-6,9-12,15-16,18-19,27-28,33-34,37-40H,7-8,13-14,20-23,25-26H2,(H,47,49)(H,48,50)(H,51,55)(H,52,56). The molecule has 4 unspecified atom stereocenters. The highest BCUT2D eigenvalue weighted by atomic mass is 16.2. The quantitative estimate of drug-likeness (QED) is 0.120. The lowest BCUT2D eigenvalue weighted by Gasteiger charge is -2.28. The fraction of sp³-hybridized carbons (Fsp3) is 0.348. The Morgan fingerprint density at radius 1 is 0.603 bits per heavy atom. The highest BCUT2D eigenvalue weighted by Gasteiger charge is 2.40. The summed E-state index contributed by atoms with van der Waals surface area (Å²) in [6, 6.07) is 24.9. The Morgan fingerprint density at radius 3 is 1.62 bits per heavy atom. The Bertz CT molecular complexity index is 2350. The van der Waals surface area contributed by atoms with Crippen LogP contribution in [0.1, 0.15) is 110 Å². The van der Waals surface area contributed by atoms with Gasteiger partial charge < -0.3 is 30.4 Å². The molecule has 4 amide bonds. The molecular weight excluding hydrogens is 729 g/mol. The van der Waals surface area contributed by atoms with E-state index in [2.05, 4.69) is 37.4 Å². The van der Waals surface area contributed by atoms with E-state index in [1.54, 1.807) is 12.4 Å². The third-order valence-electron chi connectivity index (χ3n) is 11.7. The molecule has 0 bridgehead atoms. The molecule has 4 N–H and O–H groups in total. The second kappa shape index (κ2) is 16.2. The van der Waals surface area contributed by atoms with Crippen LogP contribution in [0.5, 0.6) is 0 Å². The zero-order chi connectivity index (χ0) is 39.6. The summed E-state index contributed by atoms with van der Waals surface area (Å²) >= 11 is 0. The first-order chi connectivity index (χ1) is 28.4. The van der Waals surface area contributed by atoms with Gasteiger partial charge in [-0.2, -0.15) is 0 Å². The largest absolute Gasteiger partial charge is 0.340 e. The van der Waals surface area contributed by atoms with Crippen LogP contribution < -0.4 is 10.6 Å². The Balaban J connectivity index is 0.853. The topological polar surface area (TPSA) is 156 Å². The van der Waals surface area contributed by atoms with Gasteiger partial charge in [-0.25, -0.2) is 9.97 Å². The summed E-state index contributed by atoms with van der Waals surface area (Å²) < 4.78 is 0. The van der Waals surface area contributed by atoms with Crippen LogP contribution in [0.3, 0.4) is 0 Å². The van der Waals surface area contributed by atoms with Crippen molar-refractivity contribution in [1.82, 2.24) is 40.4 Å². The van der Waals surface area contributed by atoms with Crippen LogP contribution in [-0.2, 0) is 19.2 Å². The predicted molar refractivity (Wildman–Crippen MR) is 216 cm³/mol. The van der Waals surface area contributed by atoms with Crippen LogP contribution in [0.2, 0.25) is 0 Å². The van der Waals surface area contributed by atoms with Crippen molar-refractivity contribution in [2.75, 3.05) is 13.1 Å². The molecule has 2 saturated heterocycles. The molecule has 4 aliphatic rings. The molecule has 2 saturated carbocycles. The Kier molecular flexibility index (Phi) is 10.4. The number of hydrogen-bond donors (Lipinski definition) is 4. The molecule has 58 heavy (non-hydrogen) atoms. The number of carbonyl (C=O) groups excluding carboxylic acids is 4. The number of likely N-dealkylation sites (tertiary alicyclic amines) is 2. The van der Waals surface area contributed by atoms with E-state index in [0.717, 1.165) is 85.1 Å². The van der Waals surface area contributed by atoms with Gasteiger partial charge in [0.25, 0.3) is 0 Å². The number of H-pyrrole nitrogens is 2. The lowest BCUT2D eigenvalue weighted by atomic mass is 10.0. The Hall–Kier alpha value is -6.48. The van der Waals surface area contributed by atoms with Crippen molar-refractivity contribution in [3.8, 4) is 23.1 Å². The Labute approximate surface area is 337 Å². The van der Waals surface area contributed by atoms with E-state index in [4.69, 9.17) is 4.98 Å². The zero-order valence-electron chi connectivity index (χ0n) is 32.2. The summed E-state index contributed by atoms with van der Waals surface area (Å²) in [6.45, 7) is 1.18. The fourth-order valence-corrected chi connectivity index (χ4v) is 8.13. The number of rotatable bonds is 11. The van der Waals surface area contributed by atoms with E-state index in [1.807, 2.05) is 94.7 Å². The molecule has 4 heterocycles. The lowest BCUT2D eigenvalue weighted by molar-refractivity contribution is -0.138. The second-order valence-electron chi connectivity index (χ2n) is 15.8. The van der Waals surface area contributed by atoms with Gasteiger partial charge in [0.1, 0.15) is 29.4 Å². The molecule has 5 aromatic rings. The number of aromatic nitrogens is 4.